The van der Waals surface area contributed by atoms with Crippen LogP contribution in [0.3, 0.4) is 0 Å². The smallest absolute Gasteiger partial charge is 0.0471 e. The summed E-state index contributed by atoms with van der Waals surface area (Å²) in [6, 6.07) is 0. The molecule has 0 radical (unpaired) electrons. The number of ether oxygens (including phenoxy) is 1. The van der Waals surface area contributed by atoms with Crippen LogP contribution in [0.1, 0.15) is 58.3 Å². The van der Waals surface area contributed by atoms with Crippen LogP contribution in [0, 0.1) is 11.3 Å². The third kappa shape index (κ3) is 3.45. The Labute approximate surface area is 107 Å². The molecule has 0 atom stereocenters. The van der Waals surface area contributed by atoms with Crippen LogP contribution in [0.25, 0.3) is 0 Å². The van der Waals surface area contributed by atoms with Crippen molar-refractivity contribution in [3.63, 3.8) is 0 Å². The summed E-state index contributed by atoms with van der Waals surface area (Å²) < 4.78 is 5.59. The lowest BCUT2D eigenvalue weighted by molar-refractivity contribution is -0.0278. The van der Waals surface area contributed by atoms with Crippen LogP contribution >= 0.6 is 0 Å². The van der Waals surface area contributed by atoms with E-state index < -0.39 is 0 Å². The van der Waals surface area contributed by atoms with Crippen molar-refractivity contribution in [2.24, 2.45) is 11.3 Å². The van der Waals surface area contributed by atoms with Crippen molar-refractivity contribution in [2.45, 2.75) is 58.3 Å². The first-order valence-corrected chi connectivity index (χ1v) is 7.66. The summed E-state index contributed by atoms with van der Waals surface area (Å²) in [4.78, 5) is 0. The average molecular weight is 239 g/mol. The standard InChI is InChI=1S/C15H29NO/c1-2-10-16-13-15(8-11-17-12-9-15)14-6-4-3-5-7-14/h14,16H,2-13H2,1H3. The van der Waals surface area contributed by atoms with Crippen LogP contribution in [0.4, 0.5) is 0 Å². The summed E-state index contributed by atoms with van der Waals surface area (Å²) in [5.74, 6) is 0.963. The summed E-state index contributed by atoms with van der Waals surface area (Å²) in [5.41, 5.74) is 0.563. The van der Waals surface area contributed by atoms with Gasteiger partial charge in [0.2, 0.25) is 0 Å². The van der Waals surface area contributed by atoms with Crippen LogP contribution in [0.15, 0.2) is 0 Å². The summed E-state index contributed by atoms with van der Waals surface area (Å²) in [6.07, 6.45) is 11.1. The highest BCUT2D eigenvalue weighted by Gasteiger charge is 2.39. The van der Waals surface area contributed by atoms with Gasteiger partial charge in [0.15, 0.2) is 0 Å². The Kier molecular flexibility index (Phi) is 5.30. The van der Waals surface area contributed by atoms with E-state index in [4.69, 9.17) is 4.74 Å². The van der Waals surface area contributed by atoms with Crippen molar-refractivity contribution in [1.29, 1.82) is 0 Å². The fourth-order valence-electron chi connectivity index (χ4n) is 3.74. The third-order valence-corrected chi connectivity index (χ3v) is 4.86. The fourth-order valence-corrected chi connectivity index (χ4v) is 3.74. The van der Waals surface area contributed by atoms with Crippen molar-refractivity contribution < 1.29 is 4.74 Å². The van der Waals surface area contributed by atoms with E-state index in [1.807, 2.05) is 0 Å². The molecule has 2 nitrogen and oxygen atoms in total. The van der Waals surface area contributed by atoms with Gasteiger partial charge in [0.25, 0.3) is 0 Å². The van der Waals surface area contributed by atoms with E-state index in [9.17, 15) is 0 Å². The van der Waals surface area contributed by atoms with Gasteiger partial charge in [0.05, 0.1) is 0 Å². The molecule has 2 rings (SSSR count). The van der Waals surface area contributed by atoms with Crippen molar-refractivity contribution in [1.82, 2.24) is 5.32 Å². The quantitative estimate of drug-likeness (QED) is 0.743. The highest BCUT2D eigenvalue weighted by atomic mass is 16.5. The van der Waals surface area contributed by atoms with Crippen molar-refractivity contribution in [3.8, 4) is 0 Å². The van der Waals surface area contributed by atoms with Gasteiger partial charge in [-0.2, -0.15) is 0 Å². The van der Waals surface area contributed by atoms with E-state index in [0.29, 0.717) is 5.41 Å². The first kappa shape index (κ1) is 13.4. The molecule has 2 aliphatic rings. The number of hydrogen-bond donors (Lipinski definition) is 1. The summed E-state index contributed by atoms with van der Waals surface area (Å²) in [7, 11) is 0. The second kappa shape index (κ2) is 6.75. The topological polar surface area (TPSA) is 21.3 Å². The predicted molar refractivity (Wildman–Crippen MR) is 72.2 cm³/mol. The lowest BCUT2D eigenvalue weighted by atomic mass is 9.64. The molecule has 0 bridgehead atoms. The van der Waals surface area contributed by atoms with Crippen molar-refractivity contribution in [2.75, 3.05) is 26.3 Å². The molecule has 1 aliphatic carbocycles. The maximum Gasteiger partial charge on any atom is 0.0471 e. The van der Waals surface area contributed by atoms with Crippen LogP contribution in [-0.4, -0.2) is 26.3 Å². The zero-order chi connectivity index (χ0) is 12.0. The maximum absolute atomic E-state index is 5.59. The van der Waals surface area contributed by atoms with E-state index in [1.54, 1.807) is 0 Å². The summed E-state index contributed by atoms with van der Waals surface area (Å²) in [6.45, 7) is 6.64. The van der Waals surface area contributed by atoms with Gasteiger partial charge in [-0.25, -0.2) is 0 Å². The lowest BCUT2D eigenvalue weighted by Crippen LogP contribution is -2.45. The Morgan fingerprint density at radius 1 is 1.12 bits per heavy atom. The molecule has 17 heavy (non-hydrogen) atoms. The van der Waals surface area contributed by atoms with Gasteiger partial charge in [-0.1, -0.05) is 26.2 Å². The zero-order valence-electron chi connectivity index (χ0n) is 11.5. The number of nitrogens with one attached hydrogen (secondary N) is 1. The minimum absolute atomic E-state index is 0.563. The fraction of sp³-hybridized carbons (Fsp3) is 1.00. The summed E-state index contributed by atoms with van der Waals surface area (Å²) in [5, 5.41) is 3.69. The molecule has 2 fully saturated rings. The molecule has 1 saturated carbocycles. The Morgan fingerprint density at radius 3 is 2.47 bits per heavy atom. The largest absolute Gasteiger partial charge is 0.381 e. The van der Waals surface area contributed by atoms with E-state index in [1.165, 1.54) is 64.5 Å². The normalized spacial score (nSPS) is 25.9. The Hall–Kier alpha value is -0.0800. The third-order valence-electron chi connectivity index (χ3n) is 4.86. The maximum atomic E-state index is 5.59. The van der Waals surface area contributed by atoms with Gasteiger partial charge in [-0.15, -0.1) is 0 Å². The van der Waals surface area contributed by atoms with Crippen molar-refractivity contribution >= 4 is 0 Å². The molecule has 0 unspecified atom stereocenters. The second-order valence-electron chi connectivity index (χ2n) is 5.99. The second-order valence-corrected chi connectivity index (χ2v) is 5.99. The highest BCUT2D eigenvalue weighted by molar-refractivity contribution is 4.91. The molecule has 0 aromatic rings. The molecule has 1 aliphatic heterocycles. The van der Waals surface area contributed by atoms with Gasteiger partial charge in [0, 0.05) is 19.8 Å². The summed E-state index contributed by atoms with van der Waals surface area (Å²) >= 11 is 0. The monoisotopic (exact) mass is 239 g/mol. The minimum Gasteiger partial charge on any atom is -0.381 e. The highest BCUT2D eigenvalue weighted by Crippen LogP contribution is 2.44. The van der Waals surface area contributed by atoms with E-state index in [0.717, 1.165) is 19.1 Å². The van der Waals surface area contributed by atoms with E-state index in [-0.39, 0.29) is 0 Å². The van der Waals surface area contributed by atoms with Gasteiger partial charge < -0.3 is 10.1 Å². The molecule has 0 aromatic carbocycles. The van der Waals surface area contributed by atoms with Crippen LogP contribution in [0.2, 0.25) is 0 Å². The molecule has 1 N–H and O–H groups in total. The molecule has 0 amide bonds. The Balaban J connectivity index is 1.94. The van der Waals surface area contributed by atoms with Gasteiger partial charge in [-0.05, 0) is 50.0 Å². The Morgan fingerprint density at radius 2 is 1.82 bits per heavy atom. The first-order valence-electron chi connectivity index (χ1n) is 7.66. The molecule has 1 heterocycles. The van der Waals surface area contributed by atoms with E-state index in [2.05, 4.69) is 12.2 Å². The van der Waals surface area contributed by atoms with Crippen LogP contribution in [0.5, 0.6) is 0 Å². The molecule has 1 saturated heterocycles. The molecule has 0 aromatic heterocycles. The lowest BCUT2D eigenvalue weighted by Gasteiger charge is -2.45. The first-order chi connectivity index (χ1) is 8.37. The Bertz CT molecular complexity index is 205. The SMILES string of the molecule is CCCNCC1(C2CCCCC2)CCOCC1. The van der Waals surface area contributed by atoms with Gasteiger partial charge in [0.1, 0.15) is 0 Å². The van der Waals surface area contributed by atoms with E-state index >= 15 is 0 Å². The average Bonchev–Trinajstić information content (AvgIpc) is 2.41. The van der Waals surface area contributed by atoms with Gasteiger partial charge >= 0.3 is 0 Å². The van der Waals surface area contributed by atoms with Crippen LogP contribution < -0.4 is 5.32 Å². The molecule has 2 heteroatoms. The molecular formula is C15H29NO. The zero-order valence-corrected chi connectivity index (χ0v) is 11.5. The van der Waals surface area contributed by atoms with Crippen LogP contribution in [-0.2, 0) is 4.74 Å². The number of hydrogen-bond acceptors (Lipinski definition) is 2. The molecule has 100 valence electrons. The van der Waals surface area contributed by atoms with Crippen molar-refractivity contribution in [3.05, 3.63) is 0 Å². The van der Waals surface area contributed by atoms with Gasteiger partial charge in [-0.3, -0.25) is 0 Å². The minimum atomic E-state index is 0.563. The predicted octanol–water partition coefficient (Wildman–Crippen LogP) is 3.36. The molecular weight excluding hydrogens is 210 g/mol. The number of rotatable bonds is 5. The molecule has 0 spiro atoms.